The zero-order chi connectivity index (χ0) is 12.0. The Labute approximate surface area is 100 Å². The third-order valence-corrected chi connectivity index (χ3v) is 4.01. The van der Waals surface area contributed by atoms with E-state index in [9.17, 15) is 9.90 Å². The lowest BCUT2D eigenvalue weighted by molar-refractivity contribution is -0.142. The normalized spacial score (nSPS) is 30.9. The van der Waals surface area contributed by atoms with Gasteiger partial charge in [0.1, 0.15) is 5.82 Å². The Bertz CT molecular complexity index is 443. The maximum absolute atomic E-state index is 11.2. The van der Waals surface area contributed by atoms with Crippen LogP contribution in [0, 0.1) is 12.8 Å². The fourth-order valence-electron chi connectivity index (χ4n) is 3.22. The van der Waals surface area contributed by atoms with Crippen molar-refractivity contribution in [3.8, 4) is 0 Å². The van der Waals surface area contributed by atoms with Crippen molar-refractivity contribution in [1.29, 1.82) is 0 Å². The molecule has 2 aliphatic rings. The average molecular weight is 232 g/mol. The van der Waals surface area contributed by atoms with E-state index in [1.54, 1.807) is 0 Å². The van der Waals surface area contributed by atoms with Crippen molar-refractivity contribution in [2.75, 3.05) is 4.90 Å². The topological polar surface area (TPSA) is 53.4 Å². The van der Waals surface area contributed by atoms with Crippen LogP contribution in [0.5, 0.6) is 0 Å². The van der Waals surface area contributed by atoms with Crippen molar-refractivity contribution in [3.05, 3.63) is 23.9 Å². The summed E-state index contributed by atoms with van der Waals surface area (Å²) in [5.41, 5.74) is 1.13. The van der Waals surface area contributed by atoms with Crippen LogP contribution in [-0.2, 0) is 4.79 Å². The number of fused-ring (bicyclic) bond motifs is 2. The second-order valence-corrected chi connectivity index (χ2v) is 5.08. The molecular formula is C13H16N2O2. The van der Waals surface area contributed by atoms with Crippen molar-refractivity contribution < 1.29 is 9.90 Å². The lowest BCUT2D eigenvalue weighted by Crippen LogP contribution is -2.33. The first-order valence-electron chi connectivity index (χ1n) is 6.10. The van der Waals surface area contributed by atoms with Gasteiger partial charge >= 0.3 is 5.97 Å². The highest BCUT2D eigenvalue weighted by atomic mass is 16.4. The summed E-state index contributed by atoms with van der Waals surface area (Å²) in [5.74, 6) is 0.0676. The standard InChI is InChI=1S/C13H16N2O2/c1-8-2-5-12(14-7-8)15-9-3-4-11(15)10(6-9)13(16)17/h2,5,7,9-11H,3-4,6H2,1H3,(H,16,17). The fraction of sp³-hybridized carbons (Fsp3) is 0.538. The van der Waals surface area contributed by atoms with Gasteiger partial charge in [-0.15, -0.1) is 0 Å². The Hall–Kier alpha value is -1.58. The monoisotopic (exact) mass is 232 g/mol. The minimum Gasteiger partial charge on any atom is -0.481 e. The van der Waals surface area contributed by atoms with Gasteiger partial charge in [-0.3, -0.25) is 4.79 Å². The summed E-state index contributed by atoms with van der Waals surface area (Å²) in [4.78, 5) is 17.8. The minimum absolute atomic E-state index is 0.146. The molecule has 17 heavy (non-hydrogen) atoms. The zero-order valence-electron chi connectivity index (χ0n) is 9.84. The van der Waals surface area contributed by atoms with Gasteiger partial charge in [0.2, 0.25) is 0 Å². The van der Waals surface area contributed by atoms with Gasteiger partial charge in [0.05, 0.1) is 5.92 Å². The van der Waals surface area contributed by atoms with Crippen LogP contribution in [0.1, 0.15) is 24.8 Å². The molecule has 1 N–H and O–H groups in total. The van der Waals surface area contributed by atoms with Crippen LogP contribution in [0.15, 0.2) is 18.3 Å². The Morgan fingerprint density at radius 1 is 1.47 bits per heavy atom. The number of aliphatic carboxylic acids is 1. The van der Waals surface area contributed by atoms with Gasteiger partial charge < -0.3 is 10.0 Å². The molecule has 1 aromatic heterocycles. The van der Waals surface area contributed by atoms with E-state index in [4.69, 9.17) is 0 Å². The van der Waals surface area contributed by atoms with E-state index < -0.39 is 5.97 Å². The third kappa shape index (κ3) is 1.59. The zero-order valence-corrected chi connectivity index (χ0v) is 9.84. The number of pyridine rings is 1. The highest BCUT2D eigenvalue weighted by Crippen LogP contribution is 2.43. The van der Waals surface area contributed by atoms with Crippen molar-refractivity contribution in [1.82, 2.24) is 4.98 Å². The molecule has 3 unspecified atom stereocenters. The quantitative estimate of drug-likeness (QED) is 0.845. The number of nitrogens with zero attached hydrogens (tertiary/aromatic N) is 2. The molecule has 4 heteroatoms. The molecule has 2 aliphatic heterocycles. The summed E-state index contributed by atoms with van der Waals surface area (Å²) in [6.45, 7) is 2.01. The summed E-state index contributed by atoms with van der Waals surface area (Å²) in [6.07, 6.45) is 4.71. The van der Waals surface area contributed by atoms with E-state index in [2.05, 4.69) is 9.88 Å². The van der Waals surface area contributed by atoms with E-state index in [1.807, 2.05) is 25.3 Å². The lowest BCUT2D eigenvalue weighted by atomic mass is 9.89. The minimum atomic E-state index is -0.658. The van der Waals surface area contributed by atoms with Crippen LogP contribution in [0.2, 0.25) is 0 Å². The summed E-state index contributed by atoms with van der Waals surface area (Å²) in [7, 11) is 0. The Balaban J connectivity index is 1.90. The molecule has 0 spiro atoms. The number of carboxylic acid groups (broad SMARTS) is 1. The van der Waals surface area contributed by atoms with Gasteiger partial charge in [0, 0.05) is 18.3 Å². The van der Waals surface area contributed by atoms with Crippen LogP contribution in [0.4, 0.5) is 5.82 Å². The summed E-state index contributed by atoms with van der Waals surface area (Å²) < 4.78 is 0. The van der Waals surface area contributed by atoms with Crippen LogP contribution in [0.3, 0.4) is 0 Å². The Morgan fingerprint density at radius 3 is 2.88 bits per heavy atom. The van der Waals surface area contributed by atoms with Crippen LogP contribution in [-0.4, -0.2) is 28.1 Å². The largest absolute Gasteiger partial charge is 0.481 e. The highest BCUT2D eigenvalue weighted by molar-refractivity contribution is 5.73. The first kappa shape index (κ1) is 10.6. The van der Waals surface area contributed by atoms with Gasteiger partial charge in [-0.25, -0.2) is 4.98 Å². The maximum atomic E-state index is 11.2. The van der Waals surface area contributed by atoms with Crippen molar-refractivity contribution in [2.24, 2.45) is 5.92 Å². The Morgan fingerprint density at radius 2 is 2.29 bits per heavy atom. The Kier molecular flexibility index (Phi) is 2.31. The summed E-state index contributed by atoms with van der Waals surface area (Å²) in [6, 6.07) is 4.56. The van der Waals surface area contributed by atoms with E-state index in [0.29, 0.717) is 6.04 Å². The molecule has 2 bridgehead atoms. The van der Waals surface area contributed by atoms with Crippen LogP contribution < -0.4 is 4.90 Å². The molecule has 0 saturated carbocycles. The van der Waals surface area contributed by atoms with E-state index >= 15 is 0 Å². The molecule has 0 aromatic carbocycles. The first-order chi connectivity index (χ1) is 8.16. The fourth-order valence-corrected chi connectivity index (χ4v) is 3.22. The number of rotatable bonds is 2. The van der Waals surface area contributed by atoms with Gasteiger partial charge in [-0.1, -0.05) is 6.07 Å². The second-order valence-electron chi connectivity index (χ2n) is 5.08. The number of hydrogen-bond acceptors (Lipinski definition) is 3. The molecule has 3 heterocycles. The molecule has 3 rings (SSSR count). The molecule has 0 radical (unpaired) electrons. The molecule has 3 atom stereocenters. The van der Waals surface area contributed by atoms with Crippen LogP contribution in [0.25, 0.3) is 0 Å². The molecule has 0 aliphatic carbocycles. The lowest BCUT2D eigenvalue weighted by Gasteiger charge is -2.24. The molecule has 1 aromatic rings. The molecule has 90 valence electrons. The van der Waals surface area contributed by atoms with Crippen molar-refractivity contribution in [2.45, 2.75) is 38.3 Å². The maximum Gasteiger partial charge on any atom is 0.308 e. The number of carboxylic acids is 1. The van der Waals surface area contributed by atoms with E-state index in [-0.39, 0.29) is 12.0 Å². The van der Waals surface area contributed by atoms with Gasteiger partial charge in [-0.05, 0) is 37.8 Å². The molecular weight excluding hydrogens is 216 g/mol. The number of aromatic nitrogens is 1. The van der Waals surface area contributed by atoms with Crippen LogP contribution >= 0.6 is 0 Å². The van der Waals surface area contributed by atoms with E-state index in [0.717, 1.165) is 30.6 Å². The number of aryl methyl sites for hydroxylation is 1. The number of hydrogen-bond donors (Lipinski definition) is 1. The molecule has 2 fully saturated rings. The SMILES string of the molecule is Cc1ccc(N2C3CCC2C(C(=O)O)C3)nc1. The van der Waals surface area contributed by atoms with Gasteiger partial charge in [0.15, 0.2) is 0 Å². The predicted octanol–water partition coefficient (Wildman–Crippen LogP) is 1.83. The smallest absolute Gasteiger partial charge is 0.308 e. The average Bonchev–Trinajstić information content (AvgIpc) is 2.87. The molecule has 0 amide bonds. The van der Waals surface area contributed by atoms with Crippen molar-refractivity contribution in [3.63, 3.8) is 0 Å². The second kappa shape index (κ2) is 3.72. The summed E-state index contributed by atoms with van der Waals surface area (Å²) >= 11 is 0. The molecule has 2 saturated heterocycles. The number of anilines is 1. The highest BCUT2D eigenvalue weighted by Gasteiger charge is 2.49. The first-order valence-corrected chi connectivity index (χ1v) is 6.10. The van der Waals surface area contributed by atoms with Gasteiger partial charge in [-0.2, -0.15) is 0 Å². The third-order valence-electron chi connectivity index (χ3n) is 4.01. The summed E-state index contributed by atoms with van der Waals surface area (Å²) in [5, 5.41) is 9.20. The number of carbonyl (C=O) groups is 1. The van der Waals surface area contributed by atoms with E-state index in [1.165, 1.54) is 0 Å². The van der Waals surface area contributed by atoms with Gasteiger partial charge in [0.25, 0.3) is 0 Å². The molecule has 4 nitrogen and oxygen atoms in total. The predicted molar refractivity (Wildman–Crippen MR) is 64.0 cm³/mol. The van der Waals surface area contributed by atoms with Crippen molar-refractivity contribution >= 4 is 11.8 Å².